The summed E-state index contributed by atoms with van der Waals surface area (Å²) < 4.78 is 2.37. The van der Waals surface area contributed by atoms with Gasteiger partial charge in [-0.1, -0.05) is 53.5 Å². The average molecular weight is 495 g/mol. The summed E-state index contributed by atoms with van der Waals surface area (Å²) in [5.74, 6) is -0.627. The van der Waals surface area contributed by atoms with Crippen LogP contribution in [0, 0.1) is 13.8 Å². The van der Waals surface area contributed by atoms with Gasteiger partial charge in [0.25, 0.3) is 11.5 Å². The van der Waals surface area contributed by atoms with E-state index in [4.69, 9.17) is 23.2 Å². The van der Waals surface area contributed by atoms with Crippen molar-refractivity contribution in [2.75, 3.05) is 0 Å². The molecule has 0 aliphatic rings. The van der Waals surface area contributed by atoms with Gasteiger partial charge in [-0.05, 0) is 60.9 Å². The SMILES string of the molecule is Cc1cccc(-n2c(=O)n(CC(=O)N/N=C/c3ccc(Cl)c(Cl)c3)c(=O)c3ccccc32)c1C. The molecule has 3 aromatic carbocycles. The van der Waals surface area contributed by atoms with E-state index in [1.165, 1.54) is 10.8 Å². The van der Waals surface area contributed by atoms with Crippen LogP contribution in [-0.4, -0.2) is 21.3 Å². The van der Waals surface area contributed by atoms with Crippen molar-refractivity contribution in [2.45, 2.75) is 20.4 Å². The Hall–Kier alpha value is -3.68. The molecule has 172 valence electrons. The largest absolute Gasteiger partial charge is 0.336 e. The van der Waals surface area contributed by atoms with Gasteiger partial charge in [-0.3, -0.25) is 14.2 Å². The van der Waals surface area contributed by atoms with E-state index in [-0.39, 0.29) is 0 Å². The number of amides is 1. The van der Waals surface area contributed by atoms with Crippen molar-refractivity contribution >= 4 is 46.2 Å². The van der Waals surface area contributed by atoms with Crippen molar-refractivity contribution in [2.24, 2.45) is 5.10 Å². The lowest BCUT2D eigenvalue weighted by molar-refractivity contribution is -0.121. The number of hydrazone groups is 1. The second-order valence-electron chi connectivity index (χ2n) is 7.71. The molecule has 0 bridgehead atoms. The molecular weight excluding hydrogens is 475 g/mol. The lowest BCUT2D eigenvalue weighted by Crippen LogP contribution is -2.43. The van der Waals surface area contributed by atoms with E-state index in [1.54, 1.807) is 42.5 Å². The molecule has 9 heteroatoms. The summed E-state index contributed by atoms with van der Waals surface area (Å²) in [6.07, 6.45) is 1.39. The lowest BCUT2D eigenvalue weighted by atomic mass is 10.1. The molecule has 34 heavy (non-hydrogen) atoms. The van der Waals surface area contributed by atoms with Crippen LogP contribution in [0.5, 0.6) is 0 Å². The van der Waals surface area contributed by atoms with Crippen LogP contribution in [0.3, 0.4) is 0 Å². The van der Waals surface area contributed by atoms with Crippen LogP contribution in [0.1, 0.15) is 16.7 Å². The second-order valence-corrected chi connectivity index (χ2v) is 8.53. The highest BCUT2D eigenvalue weighted by atomic mass is 35.5. The first-order chi connectivity index (χ1) is 16.3. The zero-order chi connectivity index (χ0) is 24.4. The molecule has 0 spiro atoms. The van der Waals surface area contributed by atoms with E-state index in [2.05, 4.69) is 10.5 Å². The third kappa shape index (κ3) is 4.53. The number of carbonyl (C=O) groups is 1. The number of aromatic nitrogens is 2. The van der Waals surface area contributed by atoms with E-state index >= 15 is 0 Å². The molecule has 0 aliphatic carbocycles. The summed E-state index contributed by atoms with van der Waals surface area (Å²) in [5, 5.41) is 4.97. The zero-order valence-corrected chi connectivity index (χ0v) is 19.9. The van der Waals surface area contributed by atoms with Crippen molar-refractivity contribution in [3.05, 3.63) is 108 Å². The number of nitrogens with one attached hydrogen (secondary N) is 1. The zero-order valence-electron chi connectivity index (χ0n) is 18.4. The van der Waals surface area contributed by atoms with E-state index in [0.717, 1.165) is 15.7 Å². The highest BCUT2D eigenvalue weighted by molar-refractivity contribution is 6.42. The van der Waals surface area contributed by atoms with Crippen LogP contribution >= 0.6 is 23.2 Å². The van der Waals surface area contributed by atoms with Gasteiger partial charge in [0.1, 0.15) is 6.54 Å². The molecule has 0 radical (unpaired) electrons. The molecule has 4 rings (SSSR count). The van der Waals surface area contributed by atoms with Crippen molar-refractivity contribution in [3.63, 3.8) is 0 Å². The third-order valence-corrected chi connectivity index (χ3v) is 6.25. The van der Waals surface area contributed by atoms with Crippen LogP contribution in [0.15, 0.2) is 75.4 Å². The average Bonchev–Trinajstić information content (AvgIpc) is 2.82. The monoisotopic (exact) mass is 494 g/mol. The topological polar surface area (TPSA) is 85.5 Å². The van der Waals surface area contributed by atoms with Crippen LogP contribution in [0.25, 0.3) is 16.6 Å². The summed E-state index contributed by atoms with van der Waals surface area (Å²) in [6.45, 7) is 3.36. The van der Waals surface area contributed by atoms with Gasteiger partial charge in [-0.2, -0.15) is 5.10 Å². The maximum absolute atomic E-state index is 13.4. The molecule has 7 nitrogen and oxygen atoms in total. The van der Waals surface area contributed by atoms with Crippen LogP contribution < -0.4 is 16.7 Å². The lowest BCUT2D eigenvalue weighted by Gasteiger charge is -2.16. The molecule has 0 fully saturated rings. The molecule has 0 unspecified atom stereocenters. The Balaban J connectivity index is 1.72. The highest BCUT2D eigenvalue weighted by Crippen LogP contribution is 2.22. The van der Waals surface area contributed by atoms with Crippen LogP contribution in [0.4, 0.5) is 0 Å². The van der Waals surface area contributed by atoms with Crippen LogP contribution in [-0.2, 0) is 11.3 Å². The predicted molar refractivity (Wildman–Crippen MR) is 135 cm³/mol. The third-order valence-electron chi connectivity index (χ3n) is 5.51. The number of hydrogen-bond acceptors (Lipinski definition) is 4. The summed E-state index contributed by atoms with van der Waals surface area (Å²) in [7, 11) is 0. The van der Waals surface area contributed by atoms with Crippen LogP contribution in [0.2, 0.25) is 10.0 Å². The first kappa shape index (κ1) is 23.5. The number of halogens is 2. The smallest absolute Gasteiger partial charge is 0.271 e. The Morgan fingerprint density at radius 3 is 2.53 bits per heavy atom. The maximum atomic E-state index is 13.4. The number of fused-ring (bicyclic) bond motifs is 1. The summed E-state index contributed by atoms with van der Waals surface area (Å²) in [5.41, 5.74) is 4.82. The Bertz CT molecular complexity index is 1570. The van der Waals surface area contributed by atoms with Gasteiger partial charge < -0.3 is 0 Å². The molecule has 0 saturated heterocycles. The quantitative estimate of drug-likeness (QED) is 0.332. The summed E-state index contributed by atoms with van der Waals surface area (Å²) in [4.78, 5) is 39.1. The molecule has 0 atom stereocenters. The molecule has 4 aromatic rings. The fourth-order valence-electron chi connectivity index (χ4n) is 3.61. The molecule has 1 N–H and O–H groups in total. The van der Waals surface area contributed by atoms with Gasteiger partial charge in [-0.15, -0.1) is 0 Å². The normalized spacial score (nSPS) is 11.3. The van der Waals surface area contributed by atoms with Gasteiger partial charge >= 0.3 is 5.69 Å². The number of nitrogens with zero attached hydrogens (tertiary/aromatic N) is 3. The Labute approximate surface area is 204 Å². The Morgan fingerprint density at radius 2 is 1.76 bits per heavy atom. The van der Waals surface area contributed by atoms with Crippen molar-refractivity contribution in [1.29, 1.82) is 0 Å². The van der Waals surface area contributed by atoms with E-state index in [1.807, 2.05) is 32.0 Å². The fourth-order valence-corrected chi connectivity index (χ4v) is 3.91. The molecule has 1 heterocycles. The molecular formula is C25H20Cl2N4O3. The summed E-state index contributed by atoms with van der Waals surface area (Å²) in [6, 6.07) is 17.3. The molecule has 1 aromatic heterocycles. The molecule has 0 saturated carbocycles. The first-order valence-corrected chi connectivity index (χ1v) is 11.1. The minimum Gasteiger partial charge on any atom is -0.271 e. The van der Waals surface area contributed by atoms with Crippen molar-refractivity contribution < 1.29 is 4.79 Å². The standard InChI is InChI=1S/C25H20Cl2N4O3/c1-15-6-5-9-21(16(15)2)31-22-8-4-3-7-18(22)24(33)30(25(31)34)14-23(32)29-28-13-17-10-11-19(26)20(27)12-17/h3-13H,14H2,1-2H3,(H,29,32)/b28-13+. The van der Waals surface area contributed by atoms with E-state index < -0.39 is 23.7 Å². The van der Waals surface area contributed by atoms with Gasteiger partial charge in [0.2, 0.25) is 0 Å². The minimum atomic E-state index is -0.627. The number of carbonyl (C=O) groups excluding carboxylic acids is 1. The van der Waals surface area contributed by atoms with Gasteiger partial charge in [0.05, 0.1) is 32.9 Å². The number of hydrogen-bond donors (Lipinski definition) is 1. The predicted octanol–water partition coefficient (Wildman–Crippen LogP) is 4.23. The maximum Gasteiger partial charge on any atom is 0.336 e. The number of para-hydroxylation sites is 1. The van der Waals surface area contributed by atoms with Crippen molar-refractivity contribution in [3.8, 4) is 5.69 Å². The number of benzene rings is 3. The van der Waals surface area contributed by atoms with E-state index in [9.17, 15) is 14.4 Å². The second kappa shape index (κ2) is 9.67. The van der Waals surface area contributed by atoms with Gasteiger partial charge in [0, 0.05) is 0 Å². The number of aryl methyl sites for hydroxylation is 1. The highest BCUT2D eigenvalue weighted by Gasteiger charge is 2.17. The molecule has 1 amide bonds. The van der Waals surface area contributed by atoms with E-state index in [0.29, 0.717) is 32.2 Å². The number of rotatable bonds is 5. The van der Waals surface area contributed by atoms with Gasteiger partial charge in [-0.25, -0.2) is 14.8 Å². The van der Waals surface area contributed by atoms with Gasteiger partial charge in [0.15, 0.2) is 0 Å². The Morgan fingerprint density at radius 1 is 1.00 bits per heavy atom. The first-order valence-electron chi connectivity index (χ1n) is 10.4. The summed E-state index contributed by atoms with van der Waals surface area (Å²) >= 11 is 11.9. The fraction of sp³-hybridized carbons (Fsp3) is 0.120. The Kier molecular flexibility index (Phi) is 6.68. The molecule has 0 aliphatic heterocycles. The van der Waals surface area contributed by atoms with Crippen molar-refractivity contribution in [1.82, 2.24) is 14.6 Å². The minimum absolute atomic E-state index is 0.329.